The molecule has 2 N–H and O–H groups in total. The molecule has 50 heavy (non-hydrogen) atoms. The predicted molar refractivity (Wildman–Crippen MR) is 192 cm³/mol. The first-order chi connectivity index (χ1) is 23.7. The number of aliphatic hydroxyl groups is 1. The van der Waals surface area contributed by atoms with E-state index >= 15 is 0 Å². The summed E-state index contributed by atoms with van der Waals surface area (Å²) < 4.78 is 75.0. The highest BCUT2D eigenvalue weighted by Gasteiger charge is 2.32. The van der Waals surface area contributed by atoms with Crippen LogP contribution in [0.15, 0.2) is 76.5 Å². The summed E-state index contributed by atoms with van der Waals surface area (Å²) in [4.78, 5) is 16.1. The number of aliphatic hydroxyl groups excluding tert-OH is 1. The van der Waals surface area contributed by atoms with E-state index in [1.54, 1.807) is 55.5 Å². The fraction of sp³-hybridized carbons (Fsp3) is 0.472. The molecule has 0 aromatic heterocycles. The number of nitrogens with zero attached hydrogens (tertiary/aromatic N) is 2. The van der Waals surface area contributed by atoms with Crippen molar-refractivity contribution in [3.63, 3.8) is 0 Å². The van der Waals surface area contributed by atoms with E-state index in [-0.39, 0.29) is 58.5 Å². The largest absolute Gasteiger partial charge is 0.497 e. The predicted octanol–water partition coefficient (Wildman–Crippen LogP) is 4.92. The minimum absolute atomic E-state index is 0.0133. The van der Waals surface area contributed by atoms with Crippen molar-refractivity contribution in [1.82, 2.24) is 9.21 Å². The van der Waals surface area contributed by atoms with Gasteiger partial charge in [-0.3, -0.25) is 9.52 Å². The van der Waals surface area contributed by atoms with E-state index in [0.717, 1.165) is 12.0 Å². The molecule has 0 fully saturated rings. The van der Waals surface area contributed by atoms with E-state index in [9.17, 15) is 26.7 Å². The van der Waals surface area contributed by atoms with Crippen molar-refractivity contribution in [2.75, 3.05) is 45.2 Å². The number of carbonyl (C=O) groups is 1. The smallest absolute Gasteiger partial charge is 0.261 e. The number of carbonyl (C=O) groups excluding carboxylic acids is 1. The molecule has 4 rings (SSSR count). The Kier molecular flexibility index (Phi) is 13.3. The molecule has 0 spiro atoms. The first kappa shape index (κ1) is 39.1. The lowest BCUT2D eigenvalue weighted by atomic mass is 10.0. The topological polar surface area (TPSA) is 152 Å². The number of likely N-dealkylation sites (N-methyl/N-ethyl adjacent to an activating group) is 1. The zero-order valence-electron chi connectivity index (χ0n) is 29.5. The van der Waals surface area contributed by atoms with Gasteiger partial charge in [0, 0.05) is 38.3 Å². The third kappa shape index (κ3) is 9.75. The van der Waals surface area contributed by atoms with Gasteiger partial charge in [0.2, 0.25) is 10.0 Å². The Labute approximate surface area is 296 Å². The highest BCUT2D eigenvalue weighted by atomic mass is 32.2. The molecule has 274 valence electrons. The van der Waals surface area contributed by atoms with Crippen molar-refractivity contribution in [2.24, 2.45) is 5.92 Å². The van der Waals surface area contributed by atoms with Gasteiger partial charge in [0.1, 0.15) is 11.5 Å². The zero-order valence-corrected chi connectivity index (χ0v) is 31.2. The van der Waals surface area contributed by atoms with E-state index in [0.29, 0.717) is 25.2 Å². The summed E-state index contributed by atoms with van der Waals surface area (Å²) in [6.07, 6.45) is 1.26. The first-order valence-corrected chi connectivity index (χ1v) is 19.6. The van der Waals surface area contributed by atoms with Gasteiger partial charge >= 0.3 is 0 Å². The van der Waals surface area contributed by atoms with Crippen LogP contribution in [0.4, 0.5) is 5.69 Å². The summed E-state index contributed by atoms with van der Waals surface area (Å²) >= 11 is 0. The second-order valence-corrected chi connectivity index (χ2v) is 16.6. The maximum atomic E-state index is 14.4. The van der Waals surface area contributed by atoms with Crippen LogP contribution in [0.5, 0.6) is 11.5 Å². The standard InChI is InChI=1S/C36H49N3O9S2/c1-25-10-15-32(16-11-25)50(44,45)38(5)23-35-26(2)22-39(27(3)24-40)36(41)33-21-29(12-19-34(33)48-28(4)9-7-8-20-47-35)37-49(42,43)31-17-13-30(46-6)14-18-31/h10-19,21,26-28,35,37,40H,7-9,20,22-24H2,1-6H3/t26-,27-,28+,35+/m1/s1. The third-order valence-corrected chi connectivity index (χ3v) is 12.1. The molecule has 12 nitrogen and oxygen atoms in total. The fourth-order valence-electron chi connectivity index (χ4n) is 5.66. The SMILES string of the molecule is COc1ccc(S(=O)(=O)Nc2ccc3c(c2)C(=O)N([C@H](C)CO)C[C@@H](C)[C@H](CN(C)S(=O)(=O)c2ccc(C)cc2)OCCCC[C@H](C)O3)cc1. The highest BCUT2D eigenvalue weighted by molar-refractivity contribution is 7.92. The number of sulfonamides is 2. The highest BCUT2D eigenvalue weighted by Crippen LogP contribution is 2.30. The average Bonchev–Trinajstić information content (AvgIpc) is 3.09. The first-order valence-electron chi connectivity index (χ1n) is 16.7. The van der Waals surface area contributed by atoms with Crippen molar-refractivity contribution in [3.05, 3.63) is 77.9 Å². The van der Waals surface area contributed by atoms with Crippen LogP contribution in [-0.4, -0.2) is 95.8 Å². The number of hydrogen-bond acceptors (Lipinski definition) is 9. The normalized spacial score (nSPS) is 20.4. The quantitative estimate of drug-likeness (QED) is 0.296. The Balaban J connectivity index is 1.67. The second-order valence-electron chi connectivity index (χ2n) is 12.9. The van der Waals surface area contributed by atoms with Gasteiger partial charge in [-0.25, -0.2) is 16.8 Å². The van der Waals surface area contributed by atoms with Crippen molar-refractivity contribution < 1.29 is 40.9 Å². The number of ether oxygens (including phenoxy) is 3. The van der Waals surface area contributed by atoms with E-state index in [1.165, 1.54) is 41.6 Å². The molecule has 3 aromatic rings. The van der Waals surface area contributed by atoms with Gasteiger partial charge in [-0.15, -0.1) is 0 Å². The van der Waals surface area contributed by atoms with Crippen LogP contribution in [-0.2, 0) is 24.8 Å². The van der Waals surface area contributed by atoms with Crippen LogP contribution in [0.1, 0.15) is 56.0 Å². The van der Waals surface area contributed by atoms with Gasteiger partial charge in [-0.1, -0.05) is 24.6 Å². The van der Waals surface area contributed by atoms with E-state index in [4.69, 9.17) is 14.2 Å². The van der Waals surface area contributed by atoms with Gasteiger partial charge in [0.05, 0.1) is 47.3 Å². The second kappa shape index (κ2) is 17.0. The summed E-state index contributed by atoms with van der Waals surface area (Å²) in [7, 11) is -4.84. The fourth-order valence-corrected chi connectivity index (χ4v) is 7.89. The molecule has 14 heteroatoms. The van der Waals surface area contributed by atoms with Gasteiger partial charge in [-0.2, -0.15) is 4.31 Å². The number of aryl methyl sites for hydroxylation is 1. The third-order valence-electron chi connectivity index (χ3n) is 8.84. The number of hydrogen-bond donors (Lipinski definition) is 2. The Morgan fingerprint density at radius 3 is 2.30 bits per heavy atom. The Hall–Kier alpha value is -3.69. The summed E-state index contributed by atoms with van der Waals surface area (Å²) in [5.74, 6) is -0.0627. The summed E-state index contributed by atoms with van der Waals surface area (Å²) in [6, 6.07) is 16.5. The number of anilines is 1. The molecular formula is C36H49N3O9S2. The summed E-state index contributed by atoms with van der Waals surface area (Å²) in [5.41, 5.74) is 1.22. The summed E-state index contributed by atoms with van der Waals surface area (Å²) in [5, 5.41) is 10.2. The van der Waals surface area contributed by atoms with Crippen LogP contribution >= 0.6 is 0 Å². The van der Waals surface area contributed by atoms with Gasteiger partial charge in [0.15, 0.2) is 0 Å². The number of benzene rings is 3. The molecule has 0 unspecified atom stereocenters. The van der Waals surface area contributed by atoms with Crippen LogP contribution in [0.2, 0.25) is 0 Å². The number of fused-ring (bicyclic) bond motifs is 1. The number of methoxy groups -OCH3 is 1. The lowest BCUT2D eigenvalue weighted by molar-refractivity contribution is -0.00833. The number of amides is 1. The lowest BCUT2D eigenvalue weighted by Crippen LogP contribution is -2.48. The van der Waals surface area contributed by atoms with Crippen molar-refractivity contribution in [1.29, 1.82) is 0 Å². The summed E-state index contributed by atoms with van der Waals surface area (Å²) in [6.45, 7) is 7.56. The lowest BCUT2D eigenvalue weighted by Gasteiger charge is -2.35. The zero-order chi connectivity index (χ0) is 36.6. The molecule has 1 heterocycles. The molecule has 4 atom stereocenters. The molecule has 3 aromatic carbocycles. The average molecular weight is 732 g/mol. The molecule has 0 aliphatic carbocycles. The van der Waals surface area contributed by atoms with Crippen LogP contribution in [0, 0.1) is 12.8 Å². The monoisotopic (exact) mass is 731 g/mol. The van der Waals surface area contributed by atoms with Crippen molar-refractivity contribution >= 4 is 31.6 Å². The minimum atomic E-state index is -4.02. The molecular weight excluding hydrogens is 683 g/mol. The van der Waals surface area contributed by atoms with E-state index in [1.807, 2.05) is 20.8 Å². The van der Waals surface area contributed by atoms with Crippen molar-refractivity contribution in [2.45, 2.75) is 75.0 Å². The number of nitrogens with one attached hydrogen (secondary N) is 1. The van der Waals surface area contributed by atoms with Gasteiger partial charge in [0.25, 0.3) is 15.9 Å². The Bertz CT molecular complexity index is 1800. The molecule has 0 saturated heterocycles. The minimum Gasteiger partial charge on any atom is -0.497 e. The van der Waals surface area contributed by atoms with Crippen LogP contribution < -0.4 is 14.2 Å². The van der Waals surface area contributed by atoms with Crippen LogP contribution in [0.3, 0.4) is 0 Å². The molecule has 1 amide bonds. The van der Waals surface area contributed by atoms with Crippen molar-refractivity contribution in [3.8, 4) is 11.5 Å². The molecule has 0 saturated carbocycles. The number of rotatable bonds is 10. The van der Waals surface area contributed by atoms with Gasteiger partial charge < -0.3 is 24.2 Å². The maximum absolute atomic E-state index is 14.4. The van der Waals surface area contributed by atoms with Gasteiger partial charge in [-0.05, 0) is 94.6 Å². The van der Waals surface area contributed by atoms with E-state index < -0.39 is 38.1 Å². The van der Waals surface area contributed by atoms with E-state index in [2.05, 4.69) is 4.72 Å². The Morgan fingerprint density at radius 1 is 1.00 bits per heavy atom. The molecule has 0 bridgehead atoms. The molecule has 0 radical (unpaired) electrons. The molecule has 1 aliphatic heterocycles. The van der Waals surface area contributed by atoms with Crippen LogP contribution in [0.25, 0.3) is 0 Å². The molecule has 1 aliphatic rings. The Morgan fingerprint density at radius 2 is 1.66 bits per heavy atom. The maximum Gasteiger partial charge on any atom is 0.261 e.